The summed E-state index contributed by atoms with van der Waals surface area (Å²) in [6.45, 7) is 4.52. The molecule has 0 aliphatic carbocycles. The first-order chi connectivity index (χ1) is 8.04. The van der Waals surface area contributed by atoms with E-state index < -0.39 is 0 Å². The van der Waals surface area contributed by atoms with Gasteiger partial charge in [0.2, 0.25) is 0 Å². The van der Waals surface area contributed by atoms with Gasteiger partial charge in [0.1, 0.15) is 0 Å². The average molecular weight is 251 g/mol. The maximum atomic E-state index is 4.34. The summed E-state index contributed by atoms with van der Waals surface area (Å²) in [6, 6.07) is 9.56. The summed E-state index contributed by atoms with van der Waals surface area (Å²) in [7, 11) is 4.27. The Hall–Kier alpha value is -0.470. The van der Waals surface area contributed by atoms with Gasteiger partial charge in [0.25, 0.3) is 0 Å². The maximum Gasteiger partial charge on any atom is 0.0349 e. The first-order valence-electron chi connectivity index (χ1n) is 6.40. The summed E-state index contributed by atoms with van der Waals surface area (Å²) >= 11 is 4.34. The summed E-state index contributed by atoms with van der Waals surface area (Å²) < 4.78 is 0. The third-order valence-electron chi connectivity index (χ3n) is 3.03. The Balaban J connectivity index is 2.77. The molecule has 0 saturated heterocycles. The summed E-state index contributed by atoms with van der Waals surface area (Å²) in [4.78, 5) is 2.27. The van der Waals surface area contributed by atoms with Crippen LogP contribution in [0.2, 0.25) is 0 Å². The number of benzene rings is 1. The van der Waals surface area contributed by atoms with Crippen molar-refractivity contribution in [3.8, 4) is 0 Å². The van der Waals surface area contributed by atoms with Crippen molar-refractivity contribution in [2.45, 2.75) is 32.7 Å². The quantitative estimate of drug-likeness (QED) is 0.753. The fraction of sp³-hybridized carbons (Fsp3) is 0.600. The molecule has 1 unspecified atom stereocenters. The van der Waals surface area contributed by atoms with Gasteiger partial charge in [-0.05, 0) is 49.7 Å². The predicted octanol–water partition coefficient (Wildman–Crippen LogP) is 3.81. The van der Waals surface area contributed by atoms with E-state index in [0.717, 1.165) is 18.1 Å². The van der Waals surface area contributed by atoms with Crippen molar-refractivity contribution in [1.82, 2.24) is 4.90 Å². The average Bonchev–Trinajstić information content (AvgIpc) is 2.26. The zero-order chi connectivity index (χ0) is 12.8. The molecule has 0 spiro atoms. The second kappa shape index (κ2) is 7.07. The van der Waals surface area contributed by atoms with Crippen LogP contribution in [-0.2, 0) is 6.42 Å². The van der Waals surface area contributed by atoms with Crippen molar-refractivity contribution in [1.29, 1.82) is 0 Å². The minimum absolute atomic E-state index is 0.487. The number of hydrogen-bond acceptors (Lipinski definition) is 2. The van der Waals surface area contributed by atoms with E-state index in [0.29, 0.717) is 6.04 Å². The molecular weight excluding hydrogens is 226 g/mol. The molecule has 1 aromatic carbocycles. The van der Waals surface area contributed by atoms with Crippen LogP contribution in [0.25, 0.3) is 0 Å². The van der Waals surface area contributed by atoms with Crippen LogP contribution in [-0.4, -0.2) is 24.7 Å². The molecule has 0 aliphatic rings. The molecule has 0 N–H and O–H groups in total. The highest BCUT2D eigenvalue weighted by Gasteiger charge is 2.12. The highest BCUT2D eigenvalue weighted by molar-refractivity contribution is 7.80. The van der Waals surface area contributed by atoms with E-state index in [1.165, 1.54) is 17.5 Å². The molecule has 0 aromatic heterocycles. The Kier molecular flexibility index (Phi) is 6.07. The molecule has 0 saturated carbocycles. The standard InChI is InChI=1S/C15H25NS/c1-12(2)11-13-5-7-14(8-6-13)15(9-10-17)16(3)4/h5-8,12,15,17H,9-11H2,1-4H3. The van der Waals surface area contributed by atoms with Crippen molar-refractivity contribution in [3.05, 3.63) is 35.4 Å². The van der Waals surface area contributed by atoms with Gasteiger partial charge in [0, 0.05) is 6.04 Å². The predicted molar refractivity (Wildman–Crippen MR) is 79.9 cm³/mol. The van der Waals surface area contributed by atoms with Gasteiger partial charge >= 0.3 is 0 Å². The van der Waals surface area contributed by atoms with Crippen LogP contribution in [0.3, 0.4) is 0 Å². The second-order valence-corrected chi connectivity index (χ2v) is 5.78. The summed E-state index contributed by atoms with van der Waals surface area (Å²) in [6.07, 6.45) is 2.26. The molecule has 0 amide bonds. The molecule has 96 valence electrons. The van der Waals surface area contributed by atoms with E-state index in [2.05, 4.69) is 69.7 Å². The first-order valence-corrected chi connectivity index (χ1v) is 7.04. The second-order valence-electron chi connectivity index (χ2n) is 5.33. The lowest BCUT2D eigenvalue weighted by atomic mass is 9.98. The van der Waals surface area contributed by atoms with Crippen LogP contribution >= 0.6 is 12.6 Å². The van der Waals surface area contributed by atoms with Gasteiger partial charge in [-0.2, -0.15) is 12.6 Å². The van der Waals surface area contributed by atoms with Crippen LogP contribution < -0.4 is 0 Å². The molecule has 0 aliphatic heterocycles. The lowest BCUT2D eigenvalue weighted by Crippen LogP contribution is -2.20. The van der Waals surface area contributed by atoms with Crippen LogP contribution in [0.15, 0.2) is 24.3 Å². The molecule has 0 radical (unpaired) electrons. The normalized spacial score (nSPS) is 13.4. The first kappa shape index (κ1) is 14.6. The zero-order valence-corrected chi connectivity index (χ0v) is 12.4. The van der Waals surface area contributed by atoms with Gasteiger partial charge in [-0.15, -0.1) is 0 Å². The fourth-order valence-electron chi connectivity index (χ4n) is 2.19. The van der Waals surface area contributed by atoms with Crippen molar-refractivity contribution >= 4 is 12.6 Å². The van der Waals surface area contributed by atoms with Gasteiger partial charge in [0.05, 0.1) is 0 Å². The van der Waals surface area contributed by atoms with E-state index in [1.54, 1.807) is 0 Å². The Labute approximate surface area is 112 Å². The minimum Gasteiger partial charge on any atom is -0.302 e. The van der Waals surface area contributed by atoms with Gasteiger partial charge in [-0.3, -0.25) is 0 Å². The van der Waals surface area contributed by atoms with Crippen LogP contribution in [0.5, 0.6) is 0 Å². The Morgan fingerprint density at radius 3 is 2.12 bits per heavy atom. The number of nitrogens with zero attached hydrogens (tertiary/aromatic N) is 1. The maximum absolute atomic E-state index is 4.34. The molecular formula is C15H25NS. The van der Waals surface area contributed by atoms with Crippen molar-refractivity contribution in [2.24, 2.45) is 5.92 Å². The van der Waals surface area contributed by atoms with Crippen LogP contribution in [0.1, 0.15) is 37.4 Å². The topological polar surface area (TPSA) is 3.24 Å². The van der Waals surface area contributed by atoms with Crippen molar-refractivity contribution in [2.75, 3.05) is 19.8 Å². The minimum atomic E-state index is 0.487. The van der Waals surface area contributed by atoms with Crippen molar-refractivity contribution < 1.29 is 0 Å². The fourth-order valence-corrected chi connectivity index (χ4v) is 2.44. The zero-order valence-electron chi connectivity index (χ0n) is 11.5. The summed E-state index contributed by atoms with van der Waals surface area (Å²) in [5.41, 5.74) is 2.84. The molecule has 1 nitrogen and oxygen atoms in total. The van der Waals surface area contributed by atoms with Gasteiger partial charge < -0.3 is 4.90 Å². The van der Waals surface area contributed by atoms with E-state index in [1.807, 2.05) is 0 Å². The summed E-state index contributed by atoms with van der Waals surface area (Å²) in [5.74, 6) is 1.65. The largest absolute Gasteiger partial charge is 0.302 e. The lowest BCUT2D eigenvalue weighted by Gasteiger charge is -2.24. The van der Waals surface area contributed by atoms with E-state index >= 15 is 0 Å². The number of rotatable bonds is 6. The molecule has 2 heteroatoms. The SMILES string of the molecule is CC(C)Cc1ccc(C(CCS)N(C)C)cc1. The smallest absolute Gasteiger partial charge is 0.0349 e. The Bertz CT molecular complexity index is 316. The van der Waals surface area contributed by atoms with Crippen LogP contribution in [0.4, 0.5) is 0 Å². The van der Waals surface area contributed by atoms with E-state index in [4.69, 9.17) is 0 Å². The molecule has 1 atom stereocenters. The molecule has 1 rings (SSSR count). The van der Waals surface area contributed by atoms with Gasteiger partial charge in [0.15, 0.2) is 0 Å². The van der Waals surface area contributed by atoms with Crippen LogP contribution in [0, 0.1) is 5.92 Å². The molecule has 1 aromatic rings. The Morgan fingerprint density at radius 1 is 1.12 bits per heavy atom. The van der Waals surface area contributed by atoms with E-state index in [9.17, 15) is 0 Å². The lowest BCUT2D eigenvalue weighted by molar-refractivity contribution is 0.293. The van der Waals surface area contributed by atoms with Crippen molar-refractivity contribution in [3.63, 3.8) is 0 Å². The molecule has 0 bridgehead atoms. The Morgan fingerprint density at radius 2 is 1.71 bits per heavy atom. The third-order valence-corrected chi connectivity index (χ3v) is 3.29. The number of hydrogen-bond donors (Lipinski definition) is 1. The molecule has 17 heavy (non-hydrogen) atoms. The van der Waals surface area contributed by atoms with E-state index in [-0.39, 0.29) is 0 Å². The third kappa shape index (κ3) is 4.72. The monoisotopic (exact) mass is 251 g/mol. The molecule has 0 heterocycles. The van der Waals surface area contributed by atoms with Gasteiger partial charge in [-0.25, -0.2) is 0 Å². The molecule has 0 fully saturated rings. The summed E-state index contributed by atoms with van der Waals surface area (Å²) in [5, 5.41) is 0. The highest BCUT2D eigenvalue weighted by atomic mass is 32.1. The number of thiol groups is 1. The van der Waals surface area contributed by atoms with Gasteiger partial charge in [-0.1, -0.05) is 38.1 Å². The highest BCUT2D eigenvalue weighted by Crippen LogP contribution is 2.23.